The molecule has 0 bridgehead atoms. The van der Waals surface area contributed by atoms with Gasteiger partial charge in [0.25, 0.3) is 0 Å². The van der Waals surface area contributed by atoms with Crippen LogP contribution in [-0.2, 0) is 14.2 Å². The Hall–Kier alpha value is -2.73. The van der Waals surface area contributed by atoms with Crippen LogP contribution in [0, 0.1) is 6.92 Å². The Labute approximate surface area is 233 Å². The van der Waals surface area contributed by atoms with Gasteiger partial charge in [-0.1, -0.05) is 18.2 Å². The smallest absolute Gasteiger partial charge is 0.229 e. The molecule has 2 aromatic rings. The number of ether oxygens (including phenoxy) is 4. The number of phenolic OH excluding ortho intramolecular Hbond substituents is 1. The first-order valence-electron chi connectivity index (χ1n) is 12.9. The summed E-state index contributed by atoms with van der Waals surface area (Å²) in [4.78, 5) is 13.8. The fourth-order valence-electron chi connectivity index (χ4n) is 5.40. The van der Waals surface area contributed by atoms with Crippen LogP contribution in [0.2, 0.25) is 0 Å². The van der Waals surface area contributed by atoms with Gasteiger partial charge in [-0.3, -0.25) is 4.79 Å². The van der Waals surface area contributed by atoms with E-state index in [-0.39, 0.29) is 33.8 Å². The predicted octanol–water partition coefficient (Wildman–Crippen LogP) is -2.67. The highest BCUT2D eigenvalue weighted by Crippen LogP contribution is 2.46. The van der Waals surface area contributed by atoms with E-state index in [1.165, 1.54) is 24.3 Å². The van der Waals surface area contributed by atoms with Crippen LogP contribution in [-0.4, -0.2) is 126 Å². The summed E-state index contributed by atoms with van der Waals surface area (Å²) in [5, 5.41) is 91.7. The summed E-state index contributed by atoms with van der Waals surface area (Å²) < 4.78 is 22.8. The van der Waals surface area contributed by atoms with Crippen LogP contribution in [0.1, 0.15) is 38.7 Å². The lowest BCUT2D eigenvalue weighted by atomic mass is 9.81. The van der Waals surface area contributed by atoms with Gasteiger partial charge in [-0.25, -0.2) is 0 Å². The molecule has 0 amide bonds. The Kier molecular flexibility index (Phi) is 8.35. The molecule has 0 aromatic heterocycles. The predicted molar refractivity (Wildman–Crippen MR) is 134 cm³/mol. The Bertz CT molecular complexity index is 1280. The standard InChI is InChI=1S/C27H32O14/c1-9-5-11-16(12(30)6-9)20(33)17-10(25(11)41-27-24(37)22(35)19(32)15(8-29)40-27)3-2-4-13(17)38-26-23(36)21(34)18(31)14(7-28)39-26/h2-6,14-15,18-19,21-32,34-37H,7-8H2,1H3/t14-,15-,18-,19-,21+,22+,23-,24-,25+,26-,27+/m0/s1. The first-order valence-corrected chi connectivity index (χ1v) is 12.9. The van der Waals surface area contributed by atoms with Crippen molar-refractivity contribution in [2.24, 2.45) is 0 Å². The maximum atomic E-state index is 13.8. The van der Waals surface area contributed by atoms with Gasteiger partial charge in [0.2, 0.25) is 12.1 Å². The van der Waals surface area contributed by atoms with Gasteiger partial charge in [-0.05, 0) is 24.6 Å². The second-order valence-corrected chi connectivity index (χ2v) is 10.3. The summed E-state index contributed by atoms with van der Waals surface area (Å²) >= 11 is 0. The van der Waals surface area contributed by atoms with Gasteiger partial charge in [0, 0.05) is 11.1 Å². The lowest BCUT2D eigenvalue weighted by molar-refractivity contribution is -0.309. The summed E-state index contributed by atoms with van der Waals surface area (Å²) in [7, 11) is 0. The second kappa shape index (κ2) is 11.5. The quantitative estimate of drug-likeness (QED) is 0.170. The molecular formula is C27H32O14. The highest BCUT2D eigenvalue weighted by Gasteiger charge is 2.48. The van der Waals surface area contributed by atoms with Gasteiger partial charge in [0.05, 0.1) is 24.3 Å². The van der Waals surface area contributed by atoms with Gasteiger partial charge >= 0.3 is 0 Å². The molecule has 2 fully saturated rings. The molecule has 9 N–H and O–H groups in total. The van der Waals surface area contributed by atoms with E-state index in [0.29, 0.717) is 5.56 Å². The molecule has 2 saturated heterocycles. The Balaban J connectivity index is 1.57. The zero-order valence-electron chi connectivity index (χ0n) is 21.7. The van der Waals surface area contributed by atoms with Crippen LogP contribution >= 0.6 is 0 Å². The zero-order chi connectivity index (χ0) is 29.7. The number of hydrogen-bond acceptors (Lipinski definition) is 14. The van der Waals surface area contributed by atoms with Gasteiger partial charge in [-0.2, -0.15) is 0 Å². The summed E-state index contributed by atoms with van der Waals surface area (Å²) in [5.41, 5.74) is 0.635. The number of carbonyl (C=O) groups is 1. The van der Waals surface area contributed by atoms with Crippen molar-refractivity contribution in [3.05, 3.63) is 58.1 Å². The normalized spacial score (nSPS) is 36.9. The van der Waals surface area contributed by atoms with Crippen molar-refractivity contribution in [3.8, 4) is 11.5 Å². The average Bonchev–Trinajstić information content (AvgIpc) is 2.94. The van der Waals surface area contributed by atoms with Crippen LogP contribution in [0.4, 0.5) is 0 Å². The number of fused-ring (bicyclic) bond motifs is 2. The third-order valence-corrected chi connectivity index (χ3v) is 7.58. The molecule has 2 aliphatic heterocycles. The van der Waals surface area contributed by atoms with E-state index in [9.17, 15) is 50.8 Å². The molecule has 14 nitrogen and oxygen atoms in total. The van der Waals surface area contributed by atoms with Gasteiger partial charge in [-0.15, -0.1) is 0 Å². The van der Waals surface area contributed by atoms with Gasteiger partial charge < -0.3 is 64.9 Å². The van der Waals surface area contributed by atoms with Crippen molar-refractivity contribution >= 4 is 5.78 Å². The molecule has 0 spiro atoms. The van der Waals surface area contributed by atoms with Crippen molar-refractivity contribution in [1.29, 1.82) is 0 Å². The number of ketones is 1. The first kappa shape index (κ1) is 29.8. The molecule has 1 aliphatic carbocycles. The average molecular weight is 581 g/mol. The molecule has 3 aliphatic rings. The van der Waals surface area contributed by atoms with E-state index in [0.717, 1.165) is 0 Å². The van der Waals surface area contributed by atoms with Crippen LogP contribution in [0.5, 0.6) is 11.5 Å². The first-order chi connectivity index (χ1) is 19.5. The SMILES string of the molecule is Cc1cc(O)c2c(c1)[C@H](O[C@H]1O[C@@H](CO)[C@H](O)[C@@H](O)[C@@H]1O)c1cccc(O[C@H]3O[C@@H](CO)[C@H](O)[C@@H](O)[C@@H]3O)c1C2=O. The largest absolute Gasteiger partial charge is 0.507 e. The molecule has 11 atom stereocenters. The Morgan fingerprint density at radius 1 is 0.756 bits per heavy atom. The molecule has 14 heteroatoms. The van der Waals surface area contributed by atoms with E-state index in [4.69, 9.17) is 18.9 Å². The number of benzene rings is 2. The molecule has 0 unspecified atom stereocenters. The van der Waals surface area contributed by atoms with E-state index < -0.39 is 86.5 Å². The van der Waals surface area contributed by atoms with E-state index in [1.54, 1.807) is 13.0 Å². The third kappa shape index (κ3) is 5.11. The maximum absolute atomic E-state index is 13.8. The molecule has 2 aromatic carbocycles. The molecule has 0 saturated carbocycles. The topological polar surface area (TPSA) is 236 Å². The lowest BCUT2D eigenvalue weighted by Crippen LogP contribution is -2.60. The van der Waals surface area contributed by atoms with Crippen LogP contribution in [0.25, 0.3) is 0 Å². The number of aromatic hydroxyl groups is 1. The number of aliphatic hydroxyl groups is 8. The minimum Gasteiger partial charge on any atom is -0.507 e. The van der Waals surface area contributed by atoms with Crippen molar-refractivity contribution < 1.29 is 69.7 Å². The molecule has 2 heterocycles. The summed E-state index contributed by atoms with van der Waals surface area (Å²) in [6.45, 7) is 0.272. The van der Waals surface area contributed by atoms with Gasteiger partial charge in [0.1, 0.15) is 66.4 Å². The van der Waals surface area contributed by atoms with Gasteiger partial charge in [0.15, 0.2) is 6.29 Å². The number of phenols is 1. The minimum absolute atomic E-state index is 0.134. The number of hydrogen-bond donors (Lipinski definition) is 9. The highest BCUT2D eigenvalue weighted by molar-refractivity contribution is 6.16. The summed E-state index contributed by atoms with van der Waals surface area (Å²) in [6.07, 6.45) is -17.3. The second-order valence-electron chi connectivity index (χ2n) is 10.3. The molecule has 0 radical (unpaired) electrons. The van der Waals surface area contributed by atoms with Crippen molar-refractivity contribution in [2.75, 3.05) is 13.2 Å². The van der Waals surface area contributed by atoms with Crippen molar-refractivity contribution in [2.45, 2.75) is 74.4 Å². The fraction of sp³-hybridized carbons (Fsp3) is 0.519. The fourth-order valence-corrected chi connectivity index (χ4v) is 5.40. The van der Waals surface area contributed by atoms with Crippen LogP contribution in [0.3, 0.4) is 0 Å². The molecule has 5 rings (SSSR count). The monoisotopic (exact) mass is 580 g/mol. The van der Waals surface area contributed by atoms with Crippen molar-refractivity contribution in [3.63, 3.8) is 0 Å². The molecule has 224 valence electrons. The minimum atomic E-state index is -1.77. The maximum Gasteiger partial charge on any atom is 0.229 e. The van der Waals surface area contributed by atoms with Crippen LogP contribution < -0.4 is 4.74 Å². The number of aryl methyl sites for hydroxylation is 1. The highest BCUT2D eigenvalue weighted by atomic mass is 16.7. The Morgan fingerprint density at radius 2 is 1.34 bits per heavy atom. The lowest BCUT2D eigenvalue weighted by Gasteiger charge is -2.42. The van der Waals surface area contributed by atoms with Crippen molar-refractivity contribution in [1.82, 2.24) is 0 Å². The van der Waals surface area contributed by atoms with E-state index >= 15 is 0 Å². The number of aliphatic hydroxyl groups excluding tert-OH is 8. The van der Waals surface area contributed by atoms with Crippen LogP contribution in [0.15, 0.2) is 30.3 Å². The molecular weight excluding hydrogens is 548 g/mol. The van der Waals surface area contributed by atoms with E-state index in [1.807, 2.05) is 0 Å². The summed E-state index contributed by atoms with van der Waals surface area (Å²) in [6, 6.07) is 7.28. The zero-order valence-corrected chi connectivity index (χ0v) is 21.7. The third-order valence-electron chi connectivity index (χ3n) is 7.58. The molecule has 41 heavy (non-hydrogen) atoms. The number of carbonyl (C=O) groups excluding carboxylic acids is 1. The van der Waals surface area contributed by atoms with E-state index in [2.05, 4.69) is 0 Å². The number of rotatable bonds is 6. The Morgan fingerprint density at radius 3 is 1.95 bits per heavy atom. The summed E-state index contributed by atoms with van der Waals surface area (Å²) in [5.74, 6) is -1.24.